The zero-order valence-electron chi connectivity index (χ0n) is 7.96. The molecular formula is C9H11BCl2O2. The van der Waals surface area contributed by atoms with Crippen molar-refractivity contribution in [3.8, 4) is 0 Å². The quantitative estimate of drug-likeness (QED) is 0.764. The van der Waals surface area contributed by atoms with Crippen LogP contribution in [0.15, 0.2) is 12.1 Å². The number of rotatable bonds is 2. The molecule has 1 rings (SSSR count). The first-order valence-electron chi connectivity index (χ1n) is 4.29. The number of halogens is 2. The Morgan fingerprint density at radius 3 is 2.21 bits per heavy atom. The van der Waals surface area contributed by atoms with Crippen molar-refractivity contribution >= 4 is 35.8 Å². The van der Waals surface area contributed by atoms with Crippen LogP contribution >= 0.6 is 23.2 Å². The minimum absolute atomic E-state index is 0.168. The van der Waals surface area contributed by atoms with Gasteiger partial charge >= 0.3 is 7.12 Å². The summed E-state index contributed by atoms with van der Waals surface area (Å²) in [7, 11) is -1.58. The van der Waals surface area contributed by atoms with Crippen LogP contribution < -0.4 is 5.46 Å². The first-order valence-corrected chi connectivity index (χ1v) is 5.04. The highest BCUT2D eigenvalue weighted by molar-refractivity contribution is 6.64. The molecule has 1 aromatic rings. The molecule has 0 unspecified atom stereocenters. The first kappa shape index (κ1) is 11.9. The molecule has 76 valence electrons. The summed E-state index contributed by atoms with van der Waals surface area (Å²) < 4.78 is 0. The van der Waals surface area contributed by atoms with Gasteiger partial charge in [-0.25, -0.2) is 0 Å². The third kappa shape index (κ3) is 2.23. The molecule has 0 aliphatic rings. The molecule has 2 N–H and O–H groups in total. The number of benzene rings is 1. The summed E-state index contributed by atoms with van der Waals surface area (Å²) in [6.45, 7) is 3.90. The Morgan fingerprint density at radius 1 is 1.21 bits per heavy atom. The van der Waals surface area contributed by atoms with Crippen LogP contribution in [0.3, 0.4) is 0 Å². The molecule has 0 aliphatic heterocycles. The van der Waals surface area contributed by atoms with E-state index < -0.39 is 7.12 Å². The van der Waals surface area contributed by atoms with Crippen molar-refractivity contribution in [2.45, 2.75) is 19.8 Å². The molecular weight excluding hydrogens is 222 g/mol. The standard InChI is InChI=1S/C9H11BCl2O2/c1-5(2)6-3-4-7(11)9(12)8(6)10(13)14/h3-5,13-14H,1-2H3. The van der Waals surface area contributed by atoms with Gasteiger partial charge in [0.05, 0.1) is 10.0 Å². The van der Waals surface area contributed by atoms with Gasteiger partial charge in [0.1, 0.15) is 0 Å². The molecule has 0 aliphatic carbocycles. The lowest BCUT2D eigenvalue weighted by Crippen LogP contribution is -2.34. The van der Waals surface area contributed by atoms with Crippen molar-refractivity contribution in [2.75, 3.05) is 0 Å². The second-order valence-corrected chi connectivity index (χ2v) is 4.18. The summed E-state index contributed by atoms with van der Waals surface area (Å²) in [6, 6.07) is 3.42. The molecule has 0 spiro atoms. The van der Waals surface area contributed by atoms with Gasteiger partial charge in [-0.2, -0.15) is 0 Å². The maximum absolute atomic E-state index is 9.17. The van der Waals surface area contributed by atoms with Crippen LogP contribution in [0.5, 0.6) is 0 Å². The smallest absolute Gasteiger partial charge is 0.423 e. The van der Waals surface area contributed by atoms with Crippen molar-refractivity contribution in [1.82, 2.24) is 0 Å². The van der Waals surface area contributed by atoms with Gasteiger partial charge in [-0.15, -0.1) is 0 Å². The highest BCUT2D eigenvalue weighted by Crippen LogP contribution is 2.24. The number of hydrogen-bond acceptors (Lipinski definition) is 2. The predicted octanol–water partition coefficient (Wildman–Crippen LogP) is 1.80. The minimum atomic E-state index is -1.58. The molecule has 0 fully saturated rings. The average molecular weight is 233 g/mol. The largest absolute Gasteiger partial charge is 0.490 e. The highest BCUT2D eigenvalue weighted by atomic mass is 35.5. The Balaban J connectivity index is 3.38. The second-order valence-electron chi connectivity index (χ2n) is 3.39. The summed E-state index contributed by atoms with van der Waals surface area (Å²) in [5.41, 5.74) is 1.10. The SMILES string of the molecule is CC(C)c1ccc(Cl)c(Cl)c1B(O)O. The summed E-state index contributed by atoms with van der Waals surface area (Å²) in [6.07, 6.45) is 0. The monoisotopic (exact) mass is 232 g/mol. The predicted molar refractivity (Wildman–Crippen MR) is 60.4 cm³/mol. The van der Waals surface area contributed by atoms with Crippen molar-refractivity contribution in [3.63, 3.8) is 0 Å². The average Bonchev–Trinajstić information content (AvgIpc) is 2.08. The van der Waals surface area contributed by atoms with Crippen molar-refractivity contribution in [3.05, 3.63) is 27.7 Å². The fourth-order valence-electron chi connectivity index (χ4n) is 1.35. The van der Waals surface area contributed by atoms with E-state index in [9.17, 15) is 10.0 Å². The fourth-order valence-corrected chi connectivity index (χ4v) is 1.78. The van der Waals surface area contributed by atoms with Crippen LogP contribution in [0, 0.1) is 0 Å². The van der Waals surface area contributed by atoms with Crippen molar-refractivity contribution < 1.29 is 10.0 Å². The van der Waals surface area contributed by atoms with Crippen molar-refractivity contribution in [2.24, 2.45) is 0 Å². The first-order chi connectivity index (χ1) is 6.45. The molecule has 0 bridgehead atoms. The molecule has 5 heteroatoms. The van der Waals surface area contributed by atoms with Gasteiger partial charge in [0, 0.05) is 5.46 Å². The molecule has 0 saturated heterocycles. The molecule has 14 heavy (non-hydrogen) atoms. The van der Waals surface area contributed by atoms with Gasteiger partial charge < -0.3 is 10.0 Å². The maximum atomic E-state index is 9.17. The zero-order chi connectivity index (χ0) is 10.9. The Kier molecular flexibility index (Phi) is 3.84. The topological polar surface area (TPSA) is 40.5 Å². The van der Waals surface area contributed by atoms with E-state index in [1.807, 2.05) is 13.8 Å². The van der Waals surface area contributed by atoms with Crippen LogP contribution in [-0.4, -0.2) is 17.2 Å². The van der Waals surface area contributed by atoms with Crippen LogP contribution in [-0.2, 0) is 0 Å². The van der Waals surface area contributed by atoms with Crippen molar-refractivity contribution in [1.29, 1.82) is 0 Å². The van der Waals surface area contributed by atoms with Gasteiger partial charge in [0.25, 0.3) is 0 Å². The van der Waals surface area contributed by atoms with Gasteiger partial charge in [0.2, 0.25) is 0 Å². The van der Waals surface area contributed by atoms with E-state index in [0.29, 0.717) is 10.5 Å². The molecule has 0 saturated carbocycles. The second kappa shape index (κ2) is 4.54. The van der Waals surface area contributed by atoms with Crippen LogP contribution in [0.4, 0.5) is 0 Å². The third-order valence-electron chi connectivity index (χ3n) is 2.05. The van der Waals surface area contributed by atoms with Crippen LogP contribution in [0.1, 0.15) is 25.3 Å². The van der Waals surface area contributed by atoms with Crippen LogP contribution in [0.2, 0.25) is 10.0 Å². The maximum Gasteiger partial charge on any atom is 0.490 e. The molecule has 0 aromatic heterocycles. The molecule has 0 atom stereocenters. The zero-order valence-corrected chi connectivity index (χ0v) is 9.47. The van der Waals surface area contributed by atoms with E-state index in [4.69, 9.17) is 23.2 Å². The fraction of sp³-hybridized carbons (Fsp3) is 0.333. The summed E-state index contributed by atoms with van der Waals surface area (Å²) >= 11 is 11.7. The van der Waals surface area contributed by atoms with E-state index in [2.05, 4.69) is 0 Å². The Hall–Kier alpha value is -0.215. The molecule has 0 radical (unpaired) electrons. The highest BCUT2D eigenvalue weighted by Gasteiger charge is 2.22. The van der Waals surface area contributed by atoms with Gasteiger partial charge in [-0.05, 0) is 17.5 Å². The molecule has 0 amide bonds. The van der Waals surface area contributed by atoms with E-state index in [1.54, 1.807) is 12.1 Å². The third-order valence-corrected chi connectivity index (χ3v) is 2.87. The van der Waals surface area contributed by atoms with Gasteiger partial charge in [-0.1, -0.05) is 43.1 Å². The minimum Gasteiger partial charge on any atom is -0.423 e. The summed E-state index contributed by atoms with van der Waals surface area (Å²) in [4.78, 5) is 0. The van der Waals surface area contributed by atoms with Gasteiger partial charge in [0.15, 0.2) is 0 Å². The Morgan fingerprint density at radius 2 is 1.79 bits per heavy atom. The number of hydrogen-bond donors (Lipinski definition) is 2. The Bertz CT molecular complexity index is 340. The van der Waals surface area contributed by atoms with Gasteiger partial charge in [-0.3, -0.25) is 0 Å². The molecule has 2 nitrogen and oxygen atoms in total. The normalized spacial score (nSPS) is 10.8. The lowest BCUT2D eigenvalue weighted by Gasteiger charge is -2.14. The molecule has 1 aromatic carbocycles. The van der Waals surface area contributed by atoms with Crippen LogP contribution in [0.25, 0.3) is 0 Å². The lowest BCUT2D eigenvalue weighted by atomic mass is 9.74. The summed E-state index contributed by atoms with van der Waals surface area (Å²) in [5, 5.41) is 18.9. The van der Waals surface area contributed by atoms with E-state index >= 15 is 0 Å². The Labute approximate surface area is 93.6 Å². The lowest BCUT2D eigenvalue weighted by molar-refractivity contribution is 0.425. The van der Waals surface area contributed by atoms with E-state index in [-0.39, 0.29) is 10.9 Å². The van der Waals surface area contributed by atoms with E-state index in [1.165, 1.54) is 0 Å². The summed E-state index contributed by atoms with van der Waals surface area (Å²) in [5.74, 6) is 0.168. The molecule has 0 heterocycles. The van der Waals surface area contributed by atoms with E-state index in [0.717, 1.165) is 5.56 Å².